The Morgan fingerprint density at radius 1 is 1.08 bits per heavy atom. The molecule has 0 aliphatic carbocycles. The zero-order valence-corrected chi connectivity index (χ0v) is 20.0. The van der Waals surface area contributed by atoms with E-state index >= 15 is 0 Å². The number of nitrogens with two attached hydrogens (primary N) is 1. The van der Waals surface area contributed by atoms with E-state index < -0.39 is 18.2 Å². The summed E-state index contributed by atoms with van der Waals surface area (Å²) in [5, 5.41) is 11.3. The highest BCUT2D eigenvalue weighted by molar-refractivity contribution is 6.19. The van der Waals surface area contributed by atoms with Crippen molar-refractivity contribution in [2.24, 2.45) is 15.7 Å². The van der Waals surface area contributed by atoms with Gasteiger partial charge in [-0.25, -0.2) is 14.4 Å². The van der Waals surface area contributed by atoms with Gasteiger partial charge in [-0.3, -0.25) is 10.2 Å². The summed E-state index contributed by atoms with van der Waals surface area (Å²) in [7, 11) is 0. The molecule has 37 heavy (non-hydrogen) atoms. The predicted molar refractivity (Wildman–Crippen MR) is 141 cm³/mol. The number of hydrogen-bond donors (Lipinski definition) is 3. The van der Waals surface area contributed by atoms with Crippen LogP contribution < -0.4 is 16.0 Å². The Morgan fingerprint density at radius 2 is 1.81 bits per heavy atom. The van der Waals surface area contributed by atoms with Crippen LogP contribution in [0.15, 0.2) is 82.9 Å². The number of carbonyl (C=O) groups excluding carboxylic acids is 1. The van der Waals surface area contributed by atoms with Gasteiger partial charge in [-0.2, -0.15) is 4.99 Å². The van der Waals surface area contributed by atoms with Gasteiger partial charge < -0.3 is 20.7 Å². The molecule has 3 heterocycles. The molecule has 0 spiro atoms. The number of hydrogen-bond acceptors (Lipinski definition) is 7. The molecule has 0 saturated carbocycles. The second kappa shape index (κ2) is 10.6. The highest BCUT2D eigenvalue weighted by atomic mass is 19.1. The Labute approximate surface area is 213 Å². The van der Waals surface area contributed by atoms with E-state index in [0.29, 0.717) is 48.7 Å². The molecule has 4 N–H and O–H groups in total. The van der Waals surface area contributed by atoms with Gasteiger partial charge in [-0.1, -0.05) is 48.5 Å². The molecule has 1 fully saturated rings. The number of halogens is 1. The molecular weight excluding hydrogens is 473 g/mol. The zero-order chi connectivity index (χ0) is 25.8. The number of amidine groups is 1. The summed E-state index contributed by atoms with van der Waals surface area (Å²) in [5.74, 6) is -0.247. The number of alkyl halides is 1. The SMILES string of the molecule is N=C(O/C(N)=N/C1N=C(c2ccccc2)c2ccccc2NC1=O)c1cccnc1N1CCC(F)CC1. The number of anilines is 2. The van der Waals surface area contributed by atoms with E-state index in [2.05, 4.69) is 20.3 Å². The molecule has 3 aromatic rings. The molecule has 5 rings (SSSR count). The first-order valence-electron chi connectivity index (χ1n) is 12.0. The zero-order valence-electron chi connectivity index (χ0n) is 20.0. The molecule has 1 atom stereocenters. The minimum atomic E-state index is -1.23. The van der Waals surface area contributed by atoms with Gasteiger partial charge in [-0.15, -0.1) is 0 Å². The van der Waals surface area contributed by atoms with Crippen molar-refractivity contribution in [2.75, 3.05) is 23.3 Å². The number of piperidine rings is 1. The van der Waals surface area contributed by atoms with Crippen molar-refractivity contribution in [1.29, 1.82) is 5.41 Å². The number of ether oxygens (including phenoxy) is 1. The molecule has 1 unspecified atom stereocenters. The monoisotopic (exact) mass is 499 g/mol. The van der Waals surface area contributed by atoms with Crippen molar-refractivity contribution < 1.29 is 13.9 Å². The highest BCUT2D eigenvalue weighted by Crippen LogP contribution is 2.25. The minimum Gasteiger partial charge on any atom is -0.407 e. The van der Waals surface area contributed by atoms with Crippen LogP contribution in [0.1, 0.15) is 29.5 Å². The van der Waals surface area contributed by atoms with Crippen LogP contribution in [0.2, 0.25) is 0 Å². The summed E-state index contributed by atoms with van der Waals surface area (Å²) in [6.45, 7) is 0.976. The molecular formula is C27H26FN7O2. The lowest BCUT2D eigenvalue weighted by Gasteiger charge is -2.30. The number of pyridine rings is 1. The maximum Gasteiger partial charge on any atom is 0.291 e. The van der Waals surface area contributed by atoms with E-state index in [1.54, 1.807) is 24.4 Å². The summed E-state index contributed by atoms with van der Waals surface area (Å²) in [6.07, 6.45) is 0.342. The number of amides is 1. The van der Waals surface area contributed by atoms with E-state index in [4.69, 9.17) is 15.9 Å². The maximum atomic E-state index is 13.6. The van der Waals surface area contributed by atoms with E-state index in [0.717, 1.165) is 11.1 Å². The maximum absolute atomic E-state index is 13.6. The number of fused-ring (bicyclic) bond motifs is 1. The molecule has 2 aromatic carbocycles. The Bertz CT molecular complexity index is 1370. The van der Waals surface area contributed by atoms with Crippen LogP contribution >= 0.6 is 0 Å². The largest absolute Gasteiger partial charge is 0.407 e. The molecule has 188 valence electrons. The number of carbonyl (C=O) groups is 1. The summed E-state index contributed by atoms with van der Waals surface area (Å²) in [5.41, 5.74) is 9.20. The number of para-hydroxylation sites is 1. The third kappa shape index (κ3) is 5.32. The molecule has 2 aliphatic rings. The first-order chi connectivity index (χ1) is 18.0. The molecule has 0 bridgehead atoms. The fourth-order valence-electron chi connectivity index (χ4n) is 4.35. The lowest BCUT2D eigenvalue weighted by Crippen LogP contribution is -2.36. The van der Waals surface area contributed by atoms with Crippen LogP contribution in [0, 0.1) is 5.41 Å². The number of nitrogens with zero attached hydrogens (tertiary/aromatic N) is 4. The summed E-state index contributed by atoms with van der Waals surface area (Å²) < 4.78 is 19.1. The molecule has 1 amide bonds. The van der Waals surface area contributed by atoms with Crippen LogP contribution in [-0.2, 0) is 9.53 Å². The normalized spacial score (nSPS) is 18.4. The highest BCUT2D eigenvalue weighted by Gasteiger charge is 2.27. The van der Waals surface area contributed by atoms with Crippen LogP contribution in [0.5, 0.6) is 0 Å². The first kappa shape index (κ1) is 24.1. The summed E-state index contributed by atoms with van der Waals surface area (Å²) in [6, 6.07) is 19.8. The standard InChI is InChI=1S/C27H26FN7O2/c28-18-12-15-35(16-13-18)25-20(10-6-14-31-25)23(29)37-27(30)34-24-26(36)32-21-11-5-4-9-19(21)22(33-24)17-7-2-1-3-8-17/h1-11,14,18,24,29H,12-13,15-16H2,(H2,30,34)(H,32,36). The van der Waals surface area contributed by atoms with E-state index in [1.807, 2.05) is 53.4 Å². The Hall–Kier alpha value is -4.60. The second-order valence-electron chi connectivity index (χ2n) is 8.69. The summed E-state index contributed by atoms with van der Waals surface area (Å²) in [4.78, 5) is 28.1. The number of benzene rings is 2. The predicted octanol–water partition coefficient (Wildman–Crippen LogP) is 3.49. The Balaban J connectivity index is 1.41. The van der Waals surface area contributed by atoms with Gasteiger partial charge in [0.15, 0.2) is 0 Å². The van der Waals surface area contributed by atoms with E-state index in [1.165, 1.54) is 0 Å². The van der Waals surface area contributed by atoms with E-state index in [9.17, 15) is 9.18 Å². The smallest absolute Gasteiger partial charge is 0.291 e. The second-order valence-corrected chi connectivity index (χ2v) is 8.69. The number of rotatable bonds is 4. The average Bonchev–Trinajstić information content (AvgIpc) is 3.05. The fourth-order valence-corrected chi connectivity index (χ4v) is 4.35. The molecule has 1 aromatic heterocycles. The minimum absolute atomic E-state index is 0.281. The van der Waals surface area contributed by atoms with Gasteiger partial charge in [0.25, 0.3) is 11.9 Å². The number of aromatic nitrogens is 1. The van der Waals surface area contributed by atoms with Crippen LogP contribution in [-0.4, -0.2) is 53.9 Å². The molecule has 9 nitrogen and oxygen atoms in total. The van der Waals surface area contributed by atoms with Crippen molar-refractivity contribution in [2.45, 2.75) is 25.2 Å². The molecule has 1 saturated heterocycles. The number of aliphatic imine (C=N–C) groups is 2. The third-order valence-electron chi connectivity index (χ3n) is 6.18. The lowest BCUT2D eigenvalue weighted by atomic mass is 10.0. The van der Waals surface area contributed by atoms with Crippen LogP contribution in [0.3, 0.4) is 0 Å². The van der Waals surface area contributed by atoms with Gasteiger partial charge >= 0.3 is 0 Å². The van der Waals surface area contributed by atoms with E-state index in [-0.39, 0.29) is 11.9 Å². The topological polar surface area (TPSA) is 129 Å². The number of nitrogens with one attached hydrogen (secondary N) is 2. The van der Waals surface area contributed by atoms with Gasteiger partial charge in [-0.05, 0) is 31.0 Å². The Morgan fingerprint density at radius 3 is 2.59 bits per heavy atom. The van der Waals surface area contributed by atoms with Crippen molar-refractivity contribution in [1.82, 2.24) is 4.98 Å². The molecule has 0 radical (unpaired) electrons. The van der Waals surface area contributed by atoms with Crippen molar-refractivity contribution >= 4 is 35.0 Å². The Kier molecular flexibility index (Phi) is 6.89. The van der Waals surface area contributed by atoms with Crippen molar-refractivity contribution in [3.8, 4) is 0 Å². The first-order valence-corrected chi connectivity index (χ1v) is 12.0. The van der Waals surface area contributed by atoms with Crippen molar-refractivity contribution in [3.63, 3.8) is 0 Å². The van der Waals surface area contributed by atoms with Crippen molar-refractivity contribution in [3.05, 3.63) is 89.6 Å². The van der Waals surface area contributed by atoms with Gasteiger partial charge in [0.2, 0.25) is 12.1 Å². The molecule has 2 aliphatic heterocycles. The lowest BCUT2D eigenvalue weighted by molar-refractivity contribution is -0.117. The fraction of sp³-hybridized carbons (Fsp3) is 0.222. The van der Waals surface area contributed by atoms with Gasteiger partial charge in [0.05, 0.1) is 17.0 Å². The van der Waals surface area contributed by atoms with Crippen LogP contribution in [0.25, 0.3) is 0 Å². The quantitative estimate of drug-likeness (QED) is 0.374. The van der Waals surface area contributed by atoms with Gasteiger partial charge in [0, 0.05) is 30.4 Å². The van der Waals surface area contributed by atoms with Crippen LogP contribution in [0.4, 0.5) is 15.9 Å². The van der Waals surface area contributed by atoms with Gasteiger partial charge in [0.1, 0.15) is 12.0 Å². The summed E-state index contributed by atoms with van der Waals surface area (Å²) >= 11 is 0. The number of benzodiazepines with no additional fused rings is 1. The molecule has 10 heteroatoms. The third-order valence-corrected chi connectivity index (χ3v) is 6.18. The average molecular weight is 500 g/mol.